The van der Waals surface area contributed by atoms with Crippen LogP contribution in [0.5, 0.6) is 0 Å². The first-order chi connectivity index (χ1) is 8.49. The van der Waals surface area contributed by atoms with E-state index < -0.39 is 11.7 Å². The lowest BCUT2D eigenvalue weighted by Crippen LogP contribution is -2.36. The summed E-state index contributed by atoms with van der Waals surface area (Å²) in [5, 5.41) is 11.8. The number of hydrogen-bond acceptors (Lipinski definition) is 3. The van der Waals surface area contributed by atoms with Crippen molar-refractivity contribution in [1.82, 2.24) is 5.32 Å². The Balaban J connectivity index is 2.73. The van der Waals surface area contributed by atoms with Crippen molar-refractivity contribution in [2.75, 3.05) is 20.3 Å². The van der Waals surface area contributed by atoms with E-state index in [1.54, 1.807) is 6.07 Å². The maximum atomic E-state index is 12.7. The predicted octanol–water partition coefficient (Wildman–Crippen LogP) is 1.80. The minimum Gasteiger partial charge on any atom is -0.395 e. The first kappa shape index (κ1) is 14.9. The van der Waals surface area contributed by atoms with Crippen molar-refractivity contribution in [1.29, 1.82) is 0 Å². The molecule has 102 valence electrons. The van der Waals surface area contributed by atoms with E-state index >= 15 is 0 Å². The molecule has 0 saturated heterocycles. The molecule has 3 nitrogen and oxygen atoms in total. The van der Waals surface area contributed by atoms with Crippen LogP contribution >= 0.6 is 0 Å². The smallest absolute Gasteiger partial charge is 0.395 e. The van der Waals surface area contributed by atoms with Gasteiger partial charge < -0.3 is 15.2 Å². The zero-order valence-corrected chi connectivity index (χ0v) is 10.00. The van der Waals surface area contributed by atoms with Crippen LogP contribution in [0.25, 0.3) is 0 Å². The third kappa shape index (κ3) is 4.29. The highest BCUT2D eigenvalue weighted by atomic mass is 19.4. The molecule has 1 aromatic carbocycles. The molecular weight excluding hydrogens is 247 g/mol. The Hall–Kier alpha value is -1.11. The van der Waals surface area contributed by atoms with E-state index in [0.717, 1.165) is 6.07 Å². The van der Waals surface area contributed by atoms with Crippen molar-refractivity contribution in [3.8, 4) is 0 Å². The minimum absolute atomic E-state index is 0.0320. The molecule has 0 bridgehead atoms. The Morgan fingerprint density at radius 2 is 2.00 bits per heavy atom. The second-order valence-electron chi connectivity index (χ2n) is 3.87. The van der Waals surface area contributed by atoms with Gasteiger partial charge in [-0.25, -0.2) is 0 Å². The van der Waals surface area contributed by atoms with Gasteiger partial charge in [0, 0.05) is 13.7 Å². The van der Waals surface area contributed by atoms with Gasteiger partial charge in [-0.15, -0.1) is 0 Å². The van der Waals surface area contributed by atoms with Gasteiger partial charge in [0.15, 0.2) is 0 Å². The van der Waals surface area contributed by atoms with E-state index in [9.17, 15) is 13.2 Å². The van der Waals surface area contributed by atoms with E-state index in [-0.39, 0.29) is 31.4 Å². The van der Waals surface area contributed by atoms with E-state index in [1.165, 1.54) is 19.2 Å². The molecular formula is C12H16F3NO2. The van der Waals surface area contributed by atoms with Crippen molar-refractivity contribution in [3.63, 3.8) is 0 Å². The number of methoxy groups -OCH3 is 1. The van der Waals surface area contributed by atoms with Gasteiger partial charge in [-0.1, -0.05) is 18.2 Å². The summed E-state index contributed by atoms with van der Waals surface area (Å²) in [4.78, 5) is 0. The van der Waals surface area contributed by atoms with Crippen LogP contribution in [0, 0.1) is 0 Å². The highest BCUT2D eigenvalue weighted by Gasteiger charge is 2.32. The Morgan fingerprint density at radius 3 is 2.56 bits per heavy atom. The molecule has 0 aliphatic carbocycles. The number of ether oxygens (including phenoxy) is 1. The van der Waals surface area contributed by atoms with Gasteiger partial charge in [0.25, 0.3) is 0 Å². The molecule has 0 radical (unpaired) electrons. The number of rotatable bonds is 6. The molecule has 0 amide bonds. The fraction of sp³-hybridized carbons (Fsp3) is 0.500. The maximum Gasteiger partial charge on any atom is 0.416 e. The lowest BCUT2D eigenvalue weighted by Gasteiger charge is -2.17. The van der Waals surface area contributed by atoms with Gasteiger partial charge in [0.05, 0.1) is 24.8 Å². The molecule has 0 aliphatic rings. The second kappa shape index (κ2) is 6.72. The van der Waals surface area contributed by atoms with Crippen molar-refractivity contribution < 1.29 is 23.0 Å². The quantitative estimate of drug-likeness (QED) is 0.822. The largest absolute Gasteiger partial charge is 0.416 e. The Labute approximate surface area is 104 Å². The third-order valence-corrected chi connectivity index (χ3v) is 2.49. The Kier molecular flexibility index (Phi) is 5.58. The standard InChI is InChI=1S/C12H16F3NO2/c1-18-8-10(7-17)16-6-9-4-2-3-5-11(9)12(13,14)15/h2-5,10,16-17H,6-8H2,1H3. The molecule has 1 rings (SSSR count). The van der Waals surface area contributed by atoms with Crippen LogP contribution in [-0.4, -0.2) is 31.5 Å². The summed E-state index contributed by atoms with van der Waals surface area (Å²) in [7, 11) is 1.47. The van der Waals surface area contributed by atoms with Crippen LogP contribution in [-0.2, 0) is 17.5 Å². The Morgan fingerprint density at radius 1 is 1.33 bits per heavy atom. The second-order valence-corrected chi connectivity index (χ2v) is 3.87. The monoisotopic (exact) mass is 263 g/mol. The summed E-state index contributed by atoms with van der Waals surface area (Å²) in [6.45, 7) is 0.0803. The van der Waals surface area contributed by atoms with Crippen LogP contribution in [0.3, 0.4) is 0 Å². The summed E-state index contributed by atoms with van der Waals surface area (Å²) >= 11 is 0. The summed E-state index contributed by atoms with van der Waals surface area (Å²) in [6.07, 6.45) is -4.37. The van der Waals surface area contributed by atoms with Crippen LogP contribution in [0.15, 0.2) is 24.3 Å². The van der Waals surface area contributed by atoms with Crippen LogP contribution < -0.4 is 5.32 Å². The number of benzene rings is 1. The molecule has 1 unspecified atom stereocenters. The minimum atomic E-state index is -4.37. The molecule has 0 fully saturated rings. The molecule has 18 heavy (non-hydrogen) atoms. The van der Waals surface area contributed by atoms with Crippen LogP contribution in [0.4, 0.5) is 13.2 Å². The predicted molar refractivity (Wildman–Crippen MR) is 61.0 cm³/mol. The molecule has 1 aromatic rings. The topological polar surface area (TPSA) is 41.5 Å². The summed E-state index contributed by atoms with van der Waals surface area (Å²) in [6, 6.07) is 4.98. The number of nitrogens with one attached hydrogen (secondary N) is 1. The van der Waals surface area contributed by atoms with Crippen molar-refractivity contribution in [3.05, 3.63) is 35.4 Å². The van der Waals surface area contributed by atoms with E-state index in [1.807, 2.05) is 0 Å². The zero-order valence-electron chi connectivity index (χ0n) is 10.00. The fourth-order valence-corrected chi connectivity index (χ4v) is 1.58. The van der Waals surface area contributed by atoms with Gasteiger partial charge in [-0.2, -0.15) is 13.2 Å². The van der Waals surface area contributed by atoms with Gasteiger partial charge in [0.1, 0.15) is 0 Å². The number of alkyl halides is 3. The van der Waals surface area contributed by atoms with E-state index in [0.29, 0.717) is 0 Å². The summed E-state index contributed by atoms with van der Waals surface area (Å²) in [5.41, 5.74) is -0.508. The molecule has 0 spiro atoms. The summed E-state index contributed by atoms with van der Waals surface area (Å²) in [5.74, 6) is 0. The maximum absolute atomic E-state index is 12.7. The molecule has 6 heteroatoms. The van der Waals surface area contributed by atoms with Gasteiger partial charge in [-0.05, 0) is 11.6 Å². The highest BCUT2D eigenvalue weighted by molar-refractivity contribution is 5.29. The number of aliphatic hydroxyl groups excluding tert-OH is 1. The first-order valence-electron chi connectivity index (χ1n) is 5.47. The number of aliphatic hydroxyl groups is 1. The normalized spacial score (nSPS) is 13.6. The molecule has 2 N–H and O–H groups in total. The van der Waals surface area contributed by atoms with Gasteiger partial charge >= 0.3 is 6.18 Å². The van der Waals surface area contributed by atoms with Gasteiger partial charge in [-0.3, -0.25) is 0 Å². The molecule has 0 aliphatic heterocycles. The lowest BCUT2D eigenvalue weighted by atomic mass is 10.1. The van der Waals surface area contributed by atoms with Crippen LogP contribution in [0.2, 0.25) is 0 Å². The van der Waals surface area contributed by atoms with Gasteiger partial charge in [0.2, 0.25) is 0 Å². The van der Waals surface area contributed by atoms with E-state index in [2.05, 4.69) is 5.32 Å². The third-order valence-electron chi connectivity index (χ3n) is 2.49. The lowest BCUT2D eigenvalue weighted by molar-refractivity contribution is -0.138. The molecule has 0 heterocycles. The molecule has 1 atom stereocenters. The average Bonchev–Trinajstić information content (AvgIpc) is 2.33. The molecule has 0 aromatic heterocycles. The van der Waals surface area contributed by atoms with E-state index in [4.69, 9.17) is 9.84 Å². The SMILES string of the molecule is COCC(CO)NCc1ccccc1C(F)(F)F. The van der Waals surface area contributed by atoms with Crippen molar-refractivity contribution in [2.24, 2.45) is 0 Å². The fourth-order valence-electron chi connectivity index (χ4n) is 1.58. The van der Waals surface area contributed by atoms with Crippen molar-refractivity contribution in [2.45, 2.75) is 18.8 Å². The van der Waals surface area contributed by atoms with Crippen molar-refractivity contribution >= 4 is 0 Å². The highest BCUT2D eigenvalue weighted by Crippen LogP contribution is 2.31. The first-order valence-corrected chi connectivity index (χ1v) is 5.47. The van der Waals surface area contributed by atoms with Crippen LogP contribution in [0.1, 0.15) is 11.1 Å². The Bertz CT molecular complexity index is 369. The zero-order chi connectivity index (χ0) is 13.6. The number of hydrogen-bond donors (Lipinski definition) is 2. The molecule has 0 saturated carbocycles. The summed E-state index contributed by atoms with van der Waals surface area (Å²) < 4.78 is 42.9. The number of halogens is 3. The average molecular weight is 263 g/mol.